The lowest BCUT2D eigenvalue weighted by atomic mass is 10.00. The van der Waals surface area contributed by atoms with Gasteiger partial charge in [-0.15, -0.1) is 11.3 Å². The molecule has 110 valence electrons. The zero-order chi connectivity index (χ0) is 14.4. The smallest absolute Gasteiger partial charge is 0.272 e. The molecule has 4 nitrogen and oxygen atoms in total. The highest BCUT2D eigenvalue weighted by Crippen LogP contribution is 2.28. The van der Waals surface area contributed by atoms with Gasteiger partial charge in [0.05, 0.1) is 10.6 Å². The van der Waals surface area contributed by atoms with Gasteiger partial charge in [-0.1, -0.05) is 12.8 Å². The van der Waals surface area contributed by atoms with Crippen molar-refractivity contribution in [1.29, 1.82) is 0 Å². The van der Waals surface area contributed by atoms with Crippen LogP contribution in [0.5, 0.6) is 0 Å². The zero-order valence-electron chi connectivity index (χ0n) is 11.7. The molecule has 0 saturated carbocycles. The van der Waals surface area contributed by atoms with E-state index in [-0.39, 0.29) is 11.8 Å². The van der Waals surface area contributed by atoms with Gasteiger partial charge in [0.2, 0.25) is 5.91 Å². The van der Waals surface area contributed by atoms with Gasteiger partial charge in [-0.25, -0.2) is 0 Å². The molecule has 0 fully saturated rings. The fourth-order valence-electron chi connectivity index (χ4n) is 2.31. The summed E-state index contributed by atoms with van der Waals surface area (Å²) < 4.78 is 0. The number of hydrogen-bond donors (Lipinski definition) is 2. The Labute approximate surface area is 127 Å². The maximum absolute atomic E-state index is 12.0. The maximum Gasteiger partial charge on any atom is 0.279 e. The minimum absolute atomic E-state index is 0.180. The summed E-state index contributed by atoms with van der Waals surface area (Å²) in [4.78, 5) is 25.4. The summed E-state index contributed by atoms with van der Waals surface area (Å²) in [7, 11) is 0. The van der Waals surface area contributed by atoms with Gasteiger partial charge in [-0.3, -0.25) is 20.4 Å². The number of rotatable bonds is 3. The van der Waals surface area contributed by atoms with Crippen LogP contribution in [0.25, 0.3) is 0 Å². The molecule has 1 heterocycles. The van der Waals surface area contributed by atoms with E-state index in [2.05, 4.69) is 10.9 Å². The first kappa shape index (κ1) is 15.4. The Morgan fingerprint density at radius 2 is 1.95 bits per heavy atom. The number of hydrogen-bond acceptors (Lipinski definition) is 4. The molecule has 1 aliphatic carbocycles. The first-order valence-corrected chi connectivity index (χ1v) is 9.11. The van der Waals surface area contributed by atoms with E-state index in [1.807, 2.05) is 12.3 Å². The van der Waals surface area contributed by atoms with Crippen molar-refractivity contribution in [1.82, 2.24) is 10.9 Å². The number of carbonyl (C=O) groups excluding carboxylic acids is 2. The van der Waals surface area contributed by atoms with E-state index in [9.17, 15) is 9.59 Å². The number of nitrogens with one attached hydrogen (secondary N) is 2. The van der Waals surface area contributed by atoms with Gasteiger partial charge in [0.25, 0.3) is 5.91 Å². The van der Waals surface area contributed by atoms with Crippen LogP contribution in [0.3, 0.4) is 0 Å². The van der Waals surface area contributed by atoms with E-state index >= 15 is 0 Å². The van der Waals surface area contributed by atoms with Crippen LogP contribution in [-0.4, -0.2) is 23.8 Å². The lowest BCUT2D eigenvalue weighted by Crippen LogP contribution is -2.42. The van der Waals surface area contributed by atoms with Crippen LogP contribution in [0, 0.1) is 0 Å². The number of aryl methyl sites for hydroxylation is 2. The summed E-state index contributed by atoms with van der Waals surface area (Å²) >= 11 is 2.99. The normalized spacial score (nSPS) is 14.8. The van der Waals surface area contributed by atoms with Crippen molar-refractivity contribution in [3.8, 4) is 0 Å². The molecule has 0 spiro atoms. The molecule has 1 aliphatic rings. The van der Waals surface area contributed by atoms with Crippen LogP contribution < -0.4 is 10.9 Å². The highest BCUT2D eigenvalue weighted by Gasteiger charge is 2.16. The lowest BCUT2D eigenvalue weighted by Gasteiger charge is -2.07. The summed E-state index contributed by atoms with van der Waals surface area (Å²) in [6.07, 6.45) is 8.96. The fourth-order valence-corrected chi connectivity index (χ4v) is 3.79. The van der Waals surface area contributed by atoms with Crippen molar-refractivity contribution in [3.63, 3.8) is 0 Å². The first-order chi connectivity index (χ1) is 9.70. The molecule has 0 unspecified atom stereocenters. The Hall–Kier alpha value is -1.01. The molecular formula is C14H20N2O2S2. The Bertz CT molecular complexity index is 460. The van der Waals surface area contributed by atoms with Crippen molar-refractivity contribution in [2.24, 2.45) is 0 Å². The average Bonchev–Trinajstić information content (AvgIpc) is 2.79. The van der Waals surface area contributed by atoms with Gasteiger partial charge in [-0.2, -0.15) is 11.8 Å². The Balaban J connectivity index is 1.96. The predicted octanol–water partition coefficient (Wildman–Crippen LogP) is 2.53. The molecule has 0 aliphatic heterocycles. The first-order valence-electron chi connectivity index (χ1n) is 6.90. The largest absolute Gasteiger partial charge is 0.279 e. The van der Waals surface area contributed by atoms with Gasteiger partial charge in [0.1, 0.15) is 0 Å². The second kappa shape index (κ2) is 7.69. The van der Waals surface area contributed by atoms with E-state index in [4.69, 9.17) is 0 Å². The molecule has 0 radical (unpaired) electrons. The maximum atomic E-state index is 12.0. The van der Waals surface area contributed by atoms with E-state index in [1.54, 1.807) is 11.3 Å². The Kier molecular flexibility index (Phi) is 5.91. The third-order valence-electron chi connectivity index (χ3n) is 3.31. The summed E-state index contributed by atoms with van der Waals surface area (Å²) in [5.41, 5.74) is 6.23. The predicted molar refractivity (Wildman–Crippen MR) is 84.2 cm³/mol. The van der Waals surface area contributed by atoms with E-state index in [1.165, 1.54) is 47.9 Å². The van der Waals surface area contributed by atoms with Crippen LogP contribution in [0.4, 0.5) is 0 Å². The quantitative estimate of drug-likeness (QED) is 0.843. The van der Waals surface area contributed by atoms with Crippen LogP contribution in [0.1, 0.15) is 45.8 Å². The number of hydrazine groups is 1. The number of amides is 2. The van der Waals surface area contributed by atoms with Gasteiger partial charge in [-0.05, 0) is 43.6 Å². The van der Waals surface area contributed by atoms with Crippen molar-refractivity contribution in [2.45, 2.75) is 38.5 Å². The van der Waals surface area contributed by atoms with Crippen molar-refractivity contribution >= 4 is 34.9 Å². The summed E-state index contributed by atoms with van der Waals surface area (Å²) in [5, 5.41) is 0. The Morgan fingerprint density at radius 3 is 2.70 bits per heavy atom. The van der Waals surface area contributed by atoms with Gasteiger partial charge < -0.3 is 0 Å². The number of thiophene rings is 1. The number of thioether (sulfide) groups is 1. The van der Waals surface area contributed by atoms with Crippen LogP contribution in [0.15, 0.2) is 6.07 Å². The van der Waals surface area contributed by atoms with Crippen LogP contribution >= 0.6 is 23.1 Å². The molecule has 20 heavy (non-hydrogen) atoms. The van der Waals surface area contributed by atoms with Gasteiger partial charge in [0, 0.05) is 4.88 Å². The molecule has 0 atom stereocenters. The molecule has 0 aromatic carbocycles. The highest BCUT2D eigenvalue weighted by molar-refractivity contribution is 7.99. The minimum atomic E-state index is -0.212. The molecule has 0 saturated heterocycles. The second-order valence-electron chi connectivity index (χ2n) is 4.91. The van der Waals surface area contributed by atoms with E-state index in [0.29, 0.717) is 10.6 Å². The van der Waals surface area contributed by atoms with Crippen LogP contribution in [-0.2, 0) is 17.6 Å². The third kappa shape index (κ3) is 4.24. The van der Waals surface area contributed by atoms with Crippen molar-refractivity contribution in [3.05, 3.63) is 21.4 Å². The Morgan fingerprint density at radius 1 is 1.20 bits per heavy atom. The molecule has 2 N–H and O–H groups in total. The standard InChI is InChI=1S/C14H20N2O2S2/c1-19-9-13(17)15-16-14(18)12-8-10-6-4-2-3-5-7-11(10)20-12/h8H,2-7,9H2,1H3,(H,15,17)(H,16,18). The second-order valence-corrected chi connectivity index (χ2v) is 6.91. The molecule has 2 rings (SSSR count). The third-order valence-corrected chi connectivity index (χ3v) is 5.10. The van der Waals surface area contributed by atoms with Gasteiger partial charge >= 0.3 is 0 Å². The molecule has 0 bridgehead atoms. The molecular weight excluding hydrogens is 292 g/mol. The summed E-state index contributed by atoms with van der Waals surface area (Å²) in [5.74, 6) is -0.0433. The van der Waals surface area contributed by atoms with Crippen LogP contribution in [0.2, 0.25) is 0 Å². The summed E-state index contributed by atoms with van der Waals surface area (Å²) in [6, 6.07) is 1.99. The lowest BCUT2D eigenvalue weighted by molar-refractivity contribution is -0.119. The van der Waals surface area contributed by atoms with Crippen molar-refractivity contribution in [2.75, 3.05) is 12.0 Å². The topological polar surface area (TPSA) is 58.2 Å². The van der Waals surface area contributed by atoms with Crippen molar-refractivity contribution < 1.29 is 9.59 Å². The number of fused-ring (bicyclic) bond motifs is 1. The zero-order valence-corrected chi connectivity index (χ0v) is 13.3. The van der Waals surface area contributed by atoms with E-state index < -0.39 is 0 Å². The number of carbonyl (C=O) groups is 2. The molecule has 2 amide bonds. The molecule has 1 aromatic heterocycles. The minimum Gasteiger partial charge on any atom is -0.272 e. The molecule has 6 heteroatoms. The van der Waals surface area contributed by atoms with Gasteiger partial charge in [0.15, 0.2) is 0 Å². The molecule has 1 aromatic rings. The monoisotopic (exact) mass is 312 g/mol. The summed E-state index contributed by atoms with van der Waals surface area (Å²) in [6.45, 7) is 0. The average molecular weight is 312 g/mol. The SMILES string of the molecule is CSCC(=O)NNC(=O)c1cc2c(s1)CCCCCC2. The highest BCUT2D eigenvalue weighted by atomic mass is 32.2. The van der Waals surface area contributed by atoms with E-state index in [0.717, 1.165) is 12.8 Å². The fraction of sp³-hybridized carbons (Fsp3) is 0.571.